The summed E-state index contributed by atoms with van der Waals surface area (Å²) >= 11 is 13.5. The third-order valence-electron chi connectivity index (χ3n) is 2.87. The summed E-state index contributed by atoms with van der Waals surface area (Å²) in [4.78, 5) is 0. The average Bonchev–Trinajstić information content (AvgIpc) is 2.75. The highest BCUT2D eigenvalue weighted by Crippen LogP contribution is 2.22. The van der Waals surface area contributed by atoms with Crippen LogP contribution in [0.15, 0.2) is 18.2 Å². The molecule has 2 nitrogen and oxygen atoms in total. The number of halogens is 2. The molecule has 0 bridgehead atoms. The molecule has 0 heterocycles. The van der Waals surface area contributed by atoms with Crippen LogP contribution in [0.4, 0.5) is 5.69 Å². The van der Waals surface area contributed by atoms with E-state index in [-0.39, 0.29) is 0 Å². The molecule has 0 atom stereocenters. The van der Waals surface area contributed by atoms with E-state index in [0.29, 0.717) is 11.2 Å². The van der Waals surface area contributed by atoms with Gasteiger partial charge >= 0.3 is 0 Å². The van der Waals surface area contributed by atoms with Gasteiger partial charge in [-0.2, -0.15) is 0 Å². The maximum absolute atomic E-state index is 5.91. The highest BCUT2D eigenvalue weighted by Gasteiger charge is 2.15. The molecule has 17 heavy (non-hydrogen) atoms. The fraction of sp³-hybridized carbons (Fsp3) is 0.417. The van der Waals surface area contributed by atoms with Crippen LogP contribution in [0.25, 0.3) is 0 Å². The van der Waals surface area contributed by atoms with Gasteiger partial charge in [-0.25, -0.2) is 0 Å². The predicted octanol–water partition coefficient (Wildman–Crippen LogP) is 4.17. The molecule has 2 N–H and O–H groups in total. The summed E-state index contributed by atoms with van der Waals surface area (Å²) in [5.74, 6) is 0. The zero-order valence-electron chi connectivity index (χ0n) is 9.30. The fourth-order valence-electron chi connectivity index (χ4n) is 2.00. The first-order valence-electron chi connectivity index (χ1n) is 5.68. The van der Waals surface area contributed by atoms with E-state index in [2.05, 4.69) is 33.2 Å². The highest BCUT2D eigenvalue weighted by molar-refractivity contribution is 14.1. The van der Waals surface area contributed by atoms with E-state index < -0.39 is 0 Å². The number of hydrogen-bond acceptors (Lipinski definition) is 1. The van der Waals surface area contributed by atoms with Crippen molar-refractivity contribution in [1.82, 2.24) is 5.32 Å². The number of hydrogen-bond donors (Lipinski definition) is 2. The second-order valence-electron chi connectivity index (χ2n) is 4.20. The number of nitrogens with one attached hydrogen (secondary N) is 2. The lowest BCUT2D eigenvalue weighted by Gasteiger charge is -2.16. The van der Waals surface area contributed by atoms with Gasteiger partial charge in [0.25, 0.3) is 0 Å². The molecular weight excluding hydrogens is 367 g/mol. The Morgan fingerprint density at radius 2 is 2.06 bits per heavy atom. The minimum Gasteiger partial charge on any atom is -0.360 e. The molecule has 0 aliphatic heterocycles. The van der Waals surface area contributed by atoms with Crippen molar-refractivity contribution in [2.24, 2.45) is 0 Å². The van der Waals surface area contributed by atoms with Crippen molar-refractivity contribution in [1.29, 1.82) is 0 Å². The summed E-state index contributed by atoms with van der Waals surface area (Å²) in [5, 5.41) is 8.02. The summed E-state index contributed by atoms with van der Waals surface area (Å²) in [6.07, 6.45) is 5.05. The first-order valence-corrected chi connectivity index (χ1v) is 7.54. The van der Waals surface area contributed by atoms with Crippen molar-refractivity contribution in [3.05, 3.63) is 26.8 Å². The lowest BCUT2D eigenvalue weighted by molar-refractivity contribution is 0.634. The first kappa shape index (κ1) is 13.4. The van der Waals surface area contributed by atoms with Crippen molar-refractivity contribution in [2.45, 2.75) is 31.7 Å². The van der Waals surface area contributed by atoms with Gasteiger partial charge in [-0.3, -0.25) is 0 Å². The van der Waals surface area contributed by atoms with Crippen LogP contribution in [0, 0.1) is 3.57 Å². The van der Waals surface area contributed by atoms with Crippen molar-refractivity contribution in [2.75, 3.05) is 5.32 Å². The molecule has 5 heteroatoms. The van der Waals surface area contributed by atoms with Crippen molar-refractivity contribution in [3.8, 4) is 0 Å². The predicted molar refractivity (Wildman–Crippen MR) is 85.8 cm³/mol. The van der Waals surface area contributed by atoms with E-state index in [0.717, 1.165) is 14.3 Å². The molecule has 2 rings (SSSR count). The molecule has 0 unspecified atom stereocenters. The Labute approximate surface area is 126 Å². The minimum absolute atomic E-state index is 0.542. The van der Waals surface area contributed by atoms with E-state index in [9.17, 15) is 0 Å². The minimum atomic E-state index is 0.542. The molecule has 0 amide bonds. The molecule has 0 aromatic heterocycles. The second-order valence-corrected chi connectivity index (χ2v) is 6.21. The van der Waals surface area contributed by atoms with Crippen LogP contribution >= 0.6 is 46.4 Å². The van der Waals surface area contributed by atoms with E-state index in [1.165, 1.54) is 25.7 Å². The summed E-state index contributed by atoms with van der Waals surface area (Å²) in [6.45, 7) is 0. The van der Waals surface area contributed by atoms with Crippen LogP contribution in [0.1, 0.15) is 25.7 Å². The van der Waals surface area contributed by atoms with Gasteiger partial charge in [-0.05, 0) is 65.8 Å². The van der Waals surface area contributed by atoms with Gasteiger partial charge in [0.2, 0.25) is 0 Å². The quantitative estimate of drug-likeness (QED) is 0.595. The molecular formula is C12H14ClIN2S. The Morgan fingerprint density at radius 1 is 1.35 bits per heavy atom. The molecule has 0 radical (unpaired) electrons. The van der Waals surface area contributed by atoms with Crippen LogP contribution in [0.3, 0.4) is 0 Å². The lowest BCUT2D eigenvalue weighted by Crippen LogP contribution is -2.36. The molecule has 1 aliphatic carbocycles. The normalized spacial score (nSPS) is 15.9. The van der Waals surface area contributed by atoms with Gasteiger partial charge < -0.3 is 10.6 Å². The molecule has 1 saturated carbocycles. The van der Waals surface area contributed by atoms with E-state index >= 15 is 0 Å². The largest absolute Gasteiger partial charge is 0.360 e. The van der Waals surface area contributed by atoms with Crippen molar-refractivity contribution < 1.29 is 0 Å². The summed E-state index contributed by atoms with van der Waals surface area (Å²) in [6, 6.07) is 6.28. The first-order chi connectivity index (χ1) is 8.15. The summed E-state index contributed by atoms with van der Waals surface area (Å²) in [7, 11) is 0. The molecule has 1 aromatic carbocycles. The van der Waals surface area contributed by atoms with Gasteiger partial charge in [0.15, 0.2) is 5.11 Å². The smallest absolute Gasteiger partial charge is 0.171 e. The van der Waals surface area contributed by atoms with Crippen LogP contribution in [0.2, 0.25) is 5.02 Å². The molecule has 1 aliphatic rings. The van der Waals surface area contributed by atoms with Crippen molar-refractivity contribution in [3.63, 3.8) is 0 Å². The average molecular weight is 381 g/mol. The maximum atomic E-state index is 5.91. The van der Waals surface area contributed by atoms with Gasteiger partial charge in [-0.1, -0.05) is 24.4 Å². The maximum Gasteiger partial charge on any atom is 0.171 e. The van der Waals surface area contributed by atoms with E-state index in [1.54, 1.807) is 0 Å². The Kier molecular flexibility index (Phi) is 4.87. The Balaban J connectivity index is 1.93. The Hall–Kier alpha value is -0.0700. The summed E-state index contributed by atoms with van der Waals surface area (Å²) < 4.78 is 1.07. The molecule has 0 saturated heterocycles. The molecule has 1 aromatic rings. The standard InChI is InChI=1S/C12H14ClIN2S/c13-8-5-6-11(10(14)7-8)16-12(17)15-9-3-1-2-4-9/h5-7,9H,1-4H2,(H2,15,16,17). The Morgan fingerprint density at radius 3 is 2.71 bits per heavy atom. The monoisotopic (exact) mass is 380 g/mol. The molecule has 92 valence electrons. The summed E-state index contributed by atoms with van der Waals surface area (Å²) in [5.41, 5.74) is 1.01. The zero-order chi connectivity index (χ0) is 12.3. The number of benzene rings is 1. The van der Waals surface area contributed by atoms with E-state index in [1.807, 2.05) is 18.2 Å². The van der Waals surface area contributed by atoms with Gasteiger partial charge in [0.1, 0.15) is 0 Å². The SMILES string of the molecule is S=C(Nc1ccc(Cl)cc1I)NC1CCCC1. The van der Waals surface area contributed by atoms with Gasteiger partial charge in [0, 0.05) is 14.6 Å². The van der Waals surface area contributed by atoms with E-state index in [4.69, 9.17) is 23.8 Å². The van der Waals surface area contributed by atoms with Crippen LogP contribution in [0.5, 0.6) is 0 Å². The lowest BCUT2D eigenvalue weighted by atomic mass is 10.2. The number of rotatable bonds is 2. The fourth-order valence-corrected chi connectivity index (χ4v) is 3.29. The van der Waals surface area contributed by atoms with Gasteiger partial charge in [0.05, 0.1) is 5.69 Å². The van der Waals surface area contributed by atoms with Crippen molar-refractivity contribution >= 4 is 57.2 Å². The van der Waals surface area contributed by atoms with Crippen LogP contribution in [-0.4, -0.2) is 11.2 Å². The zero-order valence-corrected chi connectivity index (χ0v) is 13.0. The third-order valence-corrected chi connectivity index (χ3v) is 4.22. The molecule has 1 fully saturated rings. The van der Waals surface area contributed by atoms with Gasteiger partial charge in [-0.15, -0.1) is 0 Å². The number of anilines is 1. The van der Waals surface area contributed by atoms with Crippen LogP contribution in [-0.2, 0) is 0 Å². The number of thiocarbonyl (C=S) groups is 1. The third kappa shape index (κ3) is 3.96. The topological polar surface area (TPSA) is 24.1 Å². The second kappa shape index (κ2) is 6.20. The Bertz CT molecular complexity index is 419. The highest BCUT2D eigenvalue weighted by atomic mass is 127. The molecule has 0 spiro atoms. The van der Waals surface area contributed by atoms with Crippen LogP contribution < -0.4 is 10.6 Å².